The van der Waals surface area contributed by atoms with E-state index < -0.39 is 0 Å². The van der Waals surface area contributed by atoms with Gasteiger partial charge in [-0.05, 0) is 53.6 Å². The lowest BCUT2D eigenvalue weighted by atomic mass is 10.1. The molecule has 0 amide bonds. The third kappa shape index (κ3) is 4.94. The van der Waals surface area contributed by atoms with Gasteiger partial charge in [0, 0.05) is 5.56 Å². The Bertz CT molecular complexity index is 1120. The Balaban J connectivity index is 1.67. The Morgan fingerprint density at radius 2 is 1.61 bits per heavy atom. The lowest BCUT2D eigenvalue weighted by molar-refractivity contribution is 0.104. The highest BCUT2D eigenvalue weighted by molar-refractivity contribution is 6.07. The van der Waals surface area contributed by atoms with Gasteiger partial charge in [0.1, 0.15) is 12.4 Å². The van der Waals surface area contributed by atoms with Crippen molar-refractivity contribution >= 4 is 11.9 Å². The number of rotatable bonds is 6. The van der Waals surface area contributed by atoms with E-state index >= 15 is 0 Å². The van der Waals surface area contributed by atoms with Gasteiger partial charge in [-0.3, -0.25) is 4.79 Å². The summed E-state index contributed by atoms with van der Waals surface area (Å²) in [6, 6.07) is 25.4. The van der Waals surface area contributed by atoms with E-state index in [-0.39, 0.29) is 5.78 Å². The maximum Gasteiger partial charge on any atom is 0.185 e. The van der Waals surface area contributed by atoms with Crippen LogP contribution in [0.1, 0.15) is 32.6 Å². The van der Waals surface area contributed by atoms with Crippen LogP contribution in [0.3, 0.4) is 0 Å². The molecule has 0 atom stereocenters. The molecule has 3 aromatic carbocycles. The highest BCUT2D eigenvalue weighted by Crippen LogP contribution is 2.17. The molecule has 0 saturated heterocycles. The first kappa shape index (κ1) is 18.6. The van der Waals surface area contributed by atoms with Crippen molar-refractivity contribution in [1.29, 1.82) is 10.5 Å². The second-order valence-electron chi connectivity index (χ2n) is 6.06. The Kier molecular flexibility index (Phi) is 5.98. The van der Waals surface area contributed by atoms with Crippen LogP contribution in [-0.2, 0) is 6.61 Å². The highest BCUT2D eigenvalue weighted by Gasteiger charge is 2.03. The van der Waals surface area contributed by atoms with Gasteiger partial charge in [0.15, 0.2) is 5.78 Å². The van der Waals surface area contributed by atoms with Crippen LogP contribution >= 0.6 is 0 Å². The number of nitriles is 2. The zero-order valence-corrected chi connectivity index (χ0v) is 15.0. The van der Waals surface area contributed by atoms with E-state index in [1.165, 1.54) is 6.08 Å². The summed E-state index contributed by atoms with van der Waals surface area (Å²) in [7, 11) is 0. The summed E-state index contributed by atoms with van der Waals surface area (Å²) < 4.78 is 5.79. The van der Waals surface area contributed by atoms with Crippen LogP contribution in [0.15, 0.2) is 78.9 Å². The largest absolute Gasteiger partial charge is 0.489 e. The Labute approximate surface area is 163 Å². The van der Waals surface area contributed by atoms with Crippen LogP contribution in [0.4, 0.5) is 0 Å². The second-order valence-corrected chi connectivity index (χ2v) is 6.06. The number of hydrogen-bond donors (Lipinski definition) is 0. The van der Waals surface area contributed by atoms with Crippen LogP contribution in [-0.4, -0.2) is 5.78 Å². The summed E-state index contributed by atoms with van der Waals surface area (Å²) in [6.45, 7) is 0.350. The molecule has 0 spiro atoms. The van der Waals surface area contributed by atoms with Crippen molar-refractivity contribution in [3.63, 3.8) is 0 Å². The van der Waals surface area contributed by atoms with Gasteiger partial charge in [-0.2, -0.15) is 10.5 Å². The zero-order chi connectivity index (χ0) is 19.8. The molecule has 0 unspecified atom stereocenters. The van der Waals surface area contributed by atoms with E-state index in [4.69, 9.17) is 15.3 Å². The van der Waals surface area contributed by atoms with Crippen molar-refractivity contribution in [3.8, 4) is 17.9 Å². The molecule has 0 aliphatic heterocycles. The van der Waals surface area contributed by atoms with E-state index in [2.05, 4.69) is 6.07 Å². The summed E-state index contributed by atoms with van der Waals surface area (Å²) in [5.74, 6) is 0.500. The number of nitrogens with zero attached hydrogens (tertiary/aromatic N) is 2. The van der Waals surface area contributed by atoms with Crippen molar-refractivity contribution < 1.29 is 9.53 Å². The maximum atomic E-state index is 12.3. The summed E-state index contributed by atoms with van der Waals surface area (Å²) in [5.41, 5.74) is 3.26. The molecule has 0 heterocycles. The van der Waals surface area contributed by atoms with E-state index in [1.54, 1.807) is 42.5 Å². The summed E-state index contributed by atoms with van der Waals surface area (Å²) in [6.07, 6.45) is 3.19. The SMILES string of the molecule is N#Cc1cccc(COc2cccc(/C=C/C(=O)c3cccc(C#N)c3)c2)c1. The lowest BCUT2D eigenvalue weighted by Crippen LogP contribution is -1.96. The average molecular weight is 364 g/mol. The smallest absolute Gasteiger partial charge is 0.185 e. The molecular weight excluding hydrogens is 348 g/mol. The minimum atomic E-state index is -0.170. The summed E-state index contributed by atoms with van der Waals surface area (Å²) in [4.78, 5) is 12.3. The lowest BCUT2D eigenvalue weighted by Gasteiger charge is -2.07. The molecule has 28 heavy (non-hydrogen) atoms. The maximum absolute atomic E-state index is 12.3. The van der Waals surface area contributed by atoms with Crippen molar-refractivity contribution in [2.45, 2.75) is 6.61 Å². The number of allylic oxidation sites excluding steroid dienone is 1. The fourth-order valence-corrected chi connectivity index (χ4v) is 2.62. The molecule has 0 N–H and O–H groups in total. The zero-order valence-electron chi connectivity index (χ0n) is 15.0. The van der Waals surface area contributed by atoms with Gasteiger partial charge in [0.25, 0.3) is 0 Å². The van der Waals surface area contributed by atoms with Gasteiger partial charge in [0.05, 0.1) is 23.3 Å². The first-order valence-electron chi connectivity index (χ1n) is 8.62. The van der Waals surface area contributed by atoms with Crippen LogP contribution in [0, 0.1) is 22.7 Å². The molecular formula is C24H16N2O2. The van der Waals surface area contributed by atoms with Crippen LogP contribution < -0.4 is 4.74 Å². The monoisotopic (exact) mass is 364 g/mol. The fourth-order valence-electron chi connectivity index (χ4n) is 2.62. The average Bonchev–Trinajstić information content (AvgIpc) is 2.76. The van der Waals surface area contributed by atoms with Gasteiger partial charge in [0.2, 0.25) is 0 Å². The summed E-state index contributed by atoms with van der Waals surface area (Å²) >= 11 is 0. The molecule has 0 saturated carbocycles. The van der Waals surface area contributed by atoms with Crippen LogP contribution in [0.25, 0.3) is 6.08 Å². The Morgan fingerprint density at radius 1 is 0.893 bits per heavy atom. The molecule has 3 aromatic rings. The number of ether oxygens (including phenoxy) is 1. The molecule has 0 aromatic heterocycles. The van der Waals surface area contributed by atoms with Crippen molar-refractivity contribution in [2.24, 2.45) is 0 Å². The van der Waals surface area contributed by atoms with Gasteiger partial charge in [-0.1, -0.05) is 42.5 Å². The standard InChI is InChI=1S/C24H16N2O2/c25-15-19-5-1-7-21(12-19)17-28-23-9-3-4-18(14-23)10-11-24(27)22-8-2-6-20(13-22)16-26/h1-14H,17H2/b11-10+. The van der Waals surface area contributed by atoms with Gasteiger partial charge in [-0.25, -0.2) is 0 Å². The van der Waals surface area contributed by atoms with E-state index in [1.807, 2.05) is 42.5 Å². The quantitative estimate of drug-likeness (QED) is 0.460. The first-order valence-corrected chi connectivity index (χ1v) is 8.62. The minimum Gasteiger partial charge on any atom is -0.489 e. The molecule has 0 radical (unpaired) electrons. The Morgan fingerprint density at radius 3 is 2.39 bits per heavy atom. The molecule has 4 heteroatoms. The first-order chi connectivity index (χ1) is 13.7. The number of benzene rings is 3. The number of hydrogen-bond acceptors (Lipinski definition) is 4. The minimum absolute atomic E-state index is 0.170. The molecule has 0 fully saturated rings. The van der Waals surface area contributed by atoms with Crippen LogP contribution in [0.5, 0.6) is 5.75 Å². The molecule has 4 nitrogen and oxygen atoms in total. The molecule has 0 aliphatic rings. The summed E-state index contributed by atoms with van der Waals surface area (Å²) in [5, 5.41) is 17.9. The molecule has 3 rings (SSSR count). The van der Waals surface area contributed by atoms with Gasteiger partial charge in [-0.15, -0.1) is 0 Å². The number of carbonyl (C=O) groups excluding carboxylic acids is 1. The Hall–Kier alpha value is -4.15. The van der Waals surface area contributed by atoms with E-state index in [0.717, 1.165) is 11.1 Å². The third-order valence-corrected chi connectivity index (χ3v) is 4.02. The van der Waals surface area contributed by atoms with Crippen molar-refractivity contribution in [2.75, 3.05) is 0 Å². The number of ketones is 1. The van der Waals surface area contributed by atoms with Gasteiger partial charge >= 0.3 is 0 Å². The van der Waals surface area contributed by atoms with Crippen molar-refractivity contribution in [3.05, 3.63) is 107 Å². The molecule has 0 bridgehead atoms. The van der Waals surface area contributed by atoms with E-state index in [0.29, 0.717) is 29.0 Å². The predicted molar refractivity (Wildman–Crippen MR) is 106 cm³/mol. The second kappa shape index (κ2) is 8.98. The number of carbonyl (C=O) groups is 1. The fraction of sp³-hybridized carbons (Fsp3) is 0.0417. The van der Waals surface area contributed by atoms with E-state index in [9.17, 15) is 4.79 Å². The third-order valence-electron chi connectivity index (χ3n) is 4.02. The molecule has 0 aliphatic carbocycles. The van der Waals surface area contributed by atoms with Crippen molar-refractivity contribution in [1.82, 2.24) is 0 Å². The highest BCUT2D eigenvalue weighted by atomic mass is 16.5. The van der Waals surface area contributed by atoms with Gasteiger partial charge < -0.3 is 4.74 Å². The normalized spacial score (nSPS) is 10.2. The molecule has 134 valence electrons. The topological polar surface area (TPSA) is 73.9 Å². The predicted octanol–water partition coefficient (Wildman–Crippen LogP) is 4.91. The van der Waals surface area contributed by atoms with Crippen LogP contribution in [0.2, 0.25) is 0 Å².